The number of benzene rings is 1. The number of aromatic hydroxyl groups is 1. The van der Waals surface area contributed by atoms with E-state index in [-0.39, 0.29) is 0 Å². The molecule has 13 heavy (non-hydrogen) atoms. The molecule has 0 saturated carbocycles. The SMILES string of the molecule is Oc1ccc2ncc(Br)cc2c1I. The first kappa shape index (κ1) is 9.21. The second-order valence-corrected chi connectivity index (χ2v) is 4.61. The predicted octanol–water partition coefficient (Wildman–Crippen LogP) is 3.31. The Labute approximate surface area is 97.3 Å². The fourth-order valence-corrected chi connectivity index (χ4v) is 2.07. The number of nitrogens with zero attached hydrogens (tertiary/aromatic N) is 1. The first-order valence-electron chi connectivity index (χ1n) is 3.61. The van der Waals surface area contributed by atoms with E-state index in [4.69, 9.17) is 0 Å². The van der Waals surface area contributed by atoms with Crippen LogP contribution in [0.2, 0.25) is 0 Å². The van der Waals surface area contributed by atoms with Gasteiger partial charge in [0.2, 0.25) is 0 Å². The number of pyridine rings is 1. The third kappa shape index (κ3) is 1.65. The minimum absolute atomic E-state index is 0.299. The van der Waals surface area contributed by atoms with Crippen LogP contribution in [0.1, 0.15) is 0 Å². The fourth-order valence-electron chi connectivity index (χ4n) is 1.13. The largest absolute Gasteiger partial charge is 0.507 e. The zero-order valence-electron chi connectivity index (χ0n) is 6.46. The zero-order valence-corrected chi connectivity index (χ0v) is 10.2. The number of rotatable bonds is 0. The Bertz CT molecular complexity index is 467. The predicted molar refractivity (Wildman–Crippen MR) is 63.8 cm³/mol. The van der Waals surface area contributed by atoms with Crippen LogP contribution in [0.5, 0.6) is 5.75 Å². The van der Waals surface area contributed by atoms with Crippen molar-refractivity contribution < 1.29 is 5.11 Å². The molecule has 2 aromatic rings. The summed E-state index contributed by atoms with van der Waals surface area (Å²) < 4.78 is 1.76. The maximum Gasteiger partial charge on any atom is 0.129 e. The van der Waals surface area contributed by atoms with Crippen molar-refractivity contribution in [3.63, 3.8) is 0 Å². The van der Waals surface area contributed by atoms with E-state index in [9.17, 15) is 5.11 Å². The van der Waals surface area contributed by atoms with Crippen molar-refractivity contribution in [3.8, 4) is 5.75 Å². The molecule has 1 aromatic carbocycles. The molecule has 2 rings (SSSR count). The van der Waals surface area contributed by atoms with Crippen LogP contribution in [0.25, 0.3) is 10.9 Å². The lowest BCUT2D eigenvalue weighted by molar-refractivity contribution is 0.472. The summed E-state index contributed by atoms with van der Waals surface area (Å²) in [6.07, 6.45) is 1.75. The molecule has 0 aliphatic rings. The molecule has 4 heteroatoms. The highest BCUT2D eigenvalue weighted by atomic mass is 127. The maximum atomic E-state index is 9.46. The van der Waals surface area contributed by atoms with Crippen molar-refractivity contribution in [3.05, 3.63) is 32.4 Å². The molecule has 0 fully saturated rings. The second-order valence-electron chi connectivity index (χ2n) is 2.62. The summed E-state index contributed by atoms with van der Waals surface area (Å²) in [5.41, 5.74) is 0.894. The summed E-state index contributed by atoms with van der Waals surface area (Å²) in [4.78, 5) is 4.22. The van der Waals surface area contributed by atoms with Gasteiger partial charge in [0.15, 0.2) is 0 Å². The number of phenolic OH excluding ortho intramolecular Hbond substituents is 1. The van der Waals surface area contributed by atoms with Crippen LogP contribution in [-0.4, -0.2) is 10.1 Å². The average Bonchev–Trinajstić information content (AvgIpc) is 2.12. The molecule has 66 valence electrons. The molecule has 0 aliphatic carbocycles. The van der Waals surface area contributed by atoms with Gasteiger partial charge in [0, 0.05) is 16.1 Å². The van der Waals surface area contributed by atoms with E-state index in [0.717, 1.165) is 18.9 Å². The number of fused-ring (bicyclic) bond motifs is 1. The van der Waals surface area contributed by atoms with Gasteiger partial charge in [0.25, 0.3) is 0 Å². The third-order valence-corrected chi connectivity index (χ3v) is 3.31. The van der Waals surface area contributed by atoms with Crippen LogP contribution in [0.3, 0.4) is 0 Å². The van der Waals surface area contributed by atoms with Crippen molar-refractivity contribution in [2.24, 2.45) is 0 Å². The molecule has 1 N–H and O–H groups in total. The molecule has 1 heterocycles. The van der Waals surface area contributed by atoms with Crippen molar-refractivity contribution in [1.29, 1.82) is 0 Å². The smallest absolute Gasteiger partial charge is 0.129 e. The number of aromatic nitrogens is 1. The Morgan fingerprint density at radius 2 is 2.15 bits per heavy atom. The van der Waals surface area contributed by atoms with Gasteiger partial charge >= 0.3 is 0 Å². The van der Waals surface area contributed by atoms with Gasteiger partial charge in [-0.2, -0.15) is 0 Å². The molecular weight excluding hydrogens is 345 g/mol. The first-order valence-corrected chi connectivity index (χ1v) is 5.48. The van der Waals surface area contributed by atoms with E-state index in [1.807, 2.05) is 6.07 Å². The summed E-state index contributed by atoms with van der Waals surface area (Å²) in [6.45, 7) is 0. The monoisotopic (exact) mass is 349 g/mol. The number of hydrogen-bond donors (Lipinski definition) is 1. The number of hydrogen-bond acceptors (Lipinski definition) is 2. The topological polar surface area (TPSA) is 33.1 Å². The van der Waals surface area contributed by atoms with Gasteiger partial charge in [-0.25, -0.2) is 0 Å². The van der Waals surface area contributed by atoms with E-state index in [0.29, 0.717) is 5.75 Å². The number of halogens is 2. The molecule has 0 saturated heterocycles. The van der Waals surface area contributed by atoms with Crippen molar-refractivity contribution in [2.75, 3.05) is 0 Å². The Hall–Kier alpha value is -0.360. The molecule has 0 unspecified atom stereocenters. The third-order valence-electron chi connectivity index (χ3n) is 1.75. The standard InChI is InChI=1S/C9H5BrINO/c10-5-3-6-7(12-4-5)1-2-8(13)9(6)11/h1-4,13H. The fraction of sp³-hybridized carbons (Fsp3) is 0. The summed E-state index contributed by atoms with van der Waals surface area (Å²) in [7, 11) is 0. The Balaban J connectivity index is 2.89. The molecular formula is C9H5BrINO. The van der Waals surface area contributed by atoms with Crippen LogP contribution in [0, 0.1) is 3.57 Å². The lowest BCUT2D eigenvalue weighted by Gasteiger charge is -2.02. The van der Waals surface area contributed by atoms with E-state index in [2.05, 4.69) is 43.5 Å². The summed E-state index contributed by atoms with van der Waals surface area (Å²) in [5, 5.41) is 10.4. The lowest BCUT2D eigenvalue weighted by Crippen LogP contribution is -1.82. The van der Waals surface area contributed by atoms with E-state index < -0.39 is 0 Å². The molecule has 0 amide bonds. The van der Waals surface area contributed by atoms with Crippen LogP contribution in [0.15, 0.2) is 28.9 Å². The summed E-state index contributed by atoms with van der Waals surface area (Å²) in [5.74, 6) is 0.299. The average molecular weight is 350 g/mol. The van der Waals surface area contributed by atoms with Gasteiger partial charge in [-0.15, -0.1) is 0 Å². The Morgan fingerprint density at radius 3 is 2.92 bits per heavy atom. The van der Waals surface area contributed by atoms with Crippen LogP contribution >= 0.6 is 38.5 Å². The Morgan fingerprint density at radius 1 is 1.38 bits per heavy atom. The van der Waals surface area contributed by atoms with Gasteiger partial charge in [-0.05, 0) is 56.7 Å². The van der Waals surface area contributed by atoms with Gasteiger partial charge < -0.3 is 5.11 Å². The molecule has 0 radical (unpaired) electrons. The van der Waals surface area contributed by atoms with Crippen molar-refractivity contribution >= 4 is 49.4 Å². The normalized spacial score (nSPS) is 10.6. The lowest BCUT2D eigenvalue weighted by atomic mass is 10.2. The quantitative estimate of drug-likeness (QED) is 0.740. The maximum absolute atomic E-state index is 9.46. The highest BCUT2D eigenvalue weighted by Crippen LogP contribution is 2.28. The Kier molecular flexibility index (Phi) is 2.42. The summed E-state index contributed by atoms with van der Waals surface area (Å²) >= 11 is 5.45. The van der Waals surface area contributed by atoms with Gasteiger partial charge in [0.1, 0.15) is 5.75 Å². The molecule has 2 nitrogen and oxygen atoms in total. The van der Waals surface area contributed by atoms with Crippen molar-refractivity contribution in [1.82, 2.24) is 4.98 Å². The minimum Gasteiger partial charge on any atom is -0.507 e. The highest BCUT2D eigenvalue weighted by Gasteiger charge is 2.04. The number of phenols is 1. The van der Waals surface area contributed by atoms with E-state index in [1.54, 1.807) is 18.3 Å². The molecule has 1 aromatic heterocycles. The molecule has 0 aliphatic heterocycles. The summed E-state index contributed by atoms with van der Waals surface area (Å²) in [6, 6.07) is 5.41. The first-order chi connectivity index (χ1) is 6.18. The van der Waals surface area contributed by atoms with Crippen molar-refractivity contribution in [2.45, 2.75) is 0 Å². The molecule has 0 atom stereocenters. The van der Waals surface area contributed by atoms with E-state index >= 15 is 0 Å². The zero-order chi connectivity index (χ0) is 9.42. The second kappa shape index (κ2) is 3.42. The van der Waals surface area contributed by atoms with Crippen LogP contribution in [-0.2, 0) is 0 Å². The minimum atomic E-state index is 0.299. The van der Waals surface area contributed by atoms with Gasteiger partial charge in [0.05, 0.1) is 9.09 Å². The van der Waals surface area contributed by atoms with Gasteiger partial charge in [-0.3, -0.25) is 4.98 Å². The van der Waals surface area contributed by atoms with Crippen LogP contribution < -0.4 is 0 Å². The highest BCUT2D eigenvalue weighted by molar-refractivity contribution is 14.1. The van der Waals surface area contributed by atoms with E-state index in [1.165, 1.54) is 0 Å². The van der Waals surface area contributed by atoms with Gasteiger partial charge in [-0.1, -0.05) is 0 Å². The van der Waals surface area contributed by atoms with Crippen LogP contribution in [0.4, 0.5) is 0 Å². The molecule has 0 bridgehead atoms. The molecule has 0 spiro atoms.